The highest BCUT2D eigenvalue weighted by atomic mass is 35.5. The van der Waals surface area contributed by atoms with Crippen molar-refractivity contribution in [2.75, 3.05) is 5.32 Å². The Morgan fingerprint density at radius 1 is 1.04 bits per heavy atom. The fourth-order valence-electron chi connectivity index (χ4n) is 1.85. The van der Waals surface area contributed by atoms with Gasteiger partial charge in [-0.25, -0.2) is 5.43 Å². The summed E-state index contributed by atoms with van der Waals surface area (Å²) in [6, 6.07) is 8.89. The Morgan fingerprint density at radius 2 is 1.73 bits per heavy atom. The Hall–Kier alpha value is -2.58. The minimum Gasteiger partial charge on any atom is -0.316 e. The Morgan fingerprint density at radius 3 is 2.42 bits per heavy atom. The summed E-state index contributed by atoms with van der Waals surface area (Å²) in [7, 11) is 0. The number of amides is 2. The van der Waals surface area contributed by atoms with Gasteiger partial charge in [-0.2, -0.15) is 18.3 Å². The van der Waals surface area contributed by atoms with Gasteiger partial charge < -0.3 is 5.32 Å². The van der Waals surface area contributed by atoms with Gasteiger partial charge in [0.2, 0.25) is 0 Å². The molecular formula is C16H10Cl2F3N3O2. The van der Waals surface area contributed by atoms with Crippen LogP contribution in [0, 0.1) is 0 Å². The van der Waals surface area contributed by atoms with Crippen molar-refractivity contribution in [1.29, 1.82) is 0 Å². The van der Waals surface area contributed by atoms with Crippen LogP contribution in [0.3, 0.4) is 0 Å². The van der Waals surface area contributed by atoms with E-state index in [1.165, 1.54) is 36.4 Å². The second-order valence-corrected chi connectivity index (χ2v) is 5.71. The number of carbonyl (C=O) groups is 2. The van der Waals surface area contributed by atoms with E-state index in [0.717, 1.165) is 12.3 Å². The van der Waals surface area contributed by atoms with Gasteiger partial charge in [0.25, 0.3) is 0 Å². The Labute approximate surface area is 155 Å². The van der Waals surface area contributed by atoms with Crippen LogP contribution in [0.25, 0.3) is 0 Å². The third-order valence-electron chi connectivity index (χ3n) is 3.02. The highest BCUT2D eigenvalue weighted by Gasteiger charge is 2.32. The molecule has 0 fully saturated rings. The highest BCUT2D eigenvalue weighted by Crippen LogP contribution is 2.31. The maximum absolute atomic E-state index is 12.8. The lowest BCUT2D eigenvalue weighted by Crippen LogP contribution is -2.32. The predicted molar refractivity (Wildman–Crippen MR) is 92.3 cm³/mol. The van der Waals surface area contributed by atoms with Gasteiger partial charge in [0.15, 0.2) is 0 Å². The summed E-state index contributed by atoms with van der Waals surface area (Å²) in [6.07, 6.45) is -3.78. The molecule has 2 N–H and O–H groups in total. The standard InChI is InChI=1S/C16H10Cl2F3N3O2/c17-10-5-6-12(18)13(7-10)23-14(25)15(26)24-22-8-9-3-1-2-4-11(9)16(19,20)21/h1-8H,(H,23,25)(H,24,26). The maximum atomic E-state index is 12.8. The molecule has 0 spiro atoms. The van der Waals surface area contributed by atoms with Crippen LogP contribution >= 0.6 is 23.2 Å². The van der Waals surface area contributed by atoms with Crippen LogP contribution in [-0.4, -0.2) is 18.0 Å². The Balaban J connectivity index is 2.04. The number of rotatable bonds is 3. The minimum atomic E-state index is -4.58. The van der Waals surface area contributed by atoms with Crippen molar-refractivity contribution in [2.24, 2.45) is 5.10 Å². The first-order chi connectivity index (χ1) is 12.2. The van der Waals surface area contributed by atoms with Gasteiger partial charge in [-0.15, -0.1) is 0 Å². The zero-order chi connectivity index (χ0) is 19.3. The average Bonchev–Trinajstić information content (AvgIpc) is 2.57. The van der Waals surface area contributed by atoms with Gasteiger partial charge in [-0.05, 0) is 24.3 Å². The predicted octanol–water partition coefficient (Wildman–Crippen LogP) is 4.10. The van der Waals surface area contributed by atoms with Crippen LogP contribution in [0.5, 0.6) is 0 Å². The smallest absolute Gasteiger partial charge is 0.316 e. The summed E-state index contributed by atoms with van der Waals surface area (Å²) >= 11 is 11.6. The van der Waals surface area contributed by atoms with Crippen LogP contribution in [0.2, 0.25) is 10.0 Å². The molecule has 0 radical (unpaired) electrons. The fraction of sp³-hybridized carbons (Fsp3) is 0.0625. The average molecular weight is 404 g/mol. The number of benzene rings is 2. The van der Waals surface area contributed by atoms with E-state index in [-0.39, 0.29) is 21.3 Å². The molecule has 0 unspecified atom stereocenters. The molecule has 0 aliphatic heterocycles. The summed E-state index contributed by atoms with van der Waals surface area (Å²) in [5.41, 5.74) is 0.753. The molecular weight excluding hydrogens is 394 g/mol. The largest absolute Gasteiger partial charge is 0.417 e. The molecule has 0 heterocycles. The van der Waals surface area contributed by atoms with E-state index in [4.69, 9.17) is 23.2 Å². The lowest BCUT2D eigenvalue weighted by Gasteiger charge is -2.09. The van der Waals surface area contributed by atoms with Crippen molar-refractivity contribution in [3.8, 4) is 0 Å². The van der Waals surface area contributed by atoms with Crippen LogP contribution < -0.4 is 10.7 Å². The molecule has 136 valence electrons. The number of nitrogens with one attached hydrogen (secondary N) is 2. The van der Waals surface area contributed by atoms with Crippen LogP contribution in [-0.2, 0) is 15.8 Å². The topological polar surface area (TPSA) is 70.6 Å². The van der Waals surface area contributed by atoms with Crippen molar-refractivity contribution >= 4 is 46.9 Å². The number of halogens is 5. The number of hydrogen-bond donors (Lipinski definition) is 2. The van der Waals surface area contributed by atoms with E-state index in [1.54, 1.807) is 0 Å². The third-order valence-corrected chi connectivity index (χ3v) is 3.58. The molecule has 26 heavy (non-hydrogen) atoms. The second-order valence-electron chi connectivity index (χ2n) is 4.86. The maximum Gasteiger partial charge on any atom is 0.417 e. The van der Waals surface area contributed by atoms with Crippen LogP contribution in [0.15, 0.2) is 47.6 Å². The number of carbonyl (C=O) groups excluding carboxylic acids is 2. The second kappa shape index (κ2) is 8.20. The van der Waals surface area contributed by atoms with Crippen LogP contribution in [0.1, 0.15) is 11.1 Å². The SMILES string of the molecule is O=C(NN=Cc1ccccc1C(F)(F)F)C(=O)Nc1cc(Cl)ccc1Cl. The van der Waals surface area contributed by atoms with Crippen molar-refractivity contribution in [2.45, 2.75) is 6.18 Å². The lowest BCUT2D eigenvalue weighted by atomic mass is 10.1. The first-order valence-electron chi connectivity index (χ1n) is 6.94. The zero-order valence-electron chi connectivity index (χ0n) is 12.8. The minimum absolute atomic E-state index is 0.103. The van der Waals surface area contributed by atoms with E-state index in [1.807, 2.05) is 5.43 Å². The molecule has 2 aromatic carbocycles. The summed E-state index contributed by atoms with van der Waals surface area (Å²) < 4.78 is 38.5. The summed E-state index contributed by atoms with van der Waals surface area (Å²) in [6.45, 7) is 0. The molecule has 0 saturated carbocycles. The highest BCUT2D eigenvalue weighted by molar-refractivity contribution is 6.42. The molecule has 0 aliphatic rings. The Bertz CT molecular complexity index is 870. The quantitative estimate of drug-likeness (QED) is 0.460. The van der Waals surface area contributed by atoms with Gasteiger partial charge in [-0.1, -0.05) is 41.4 Å². The van der Waals surface area contributed by atoms with Crippen LogP contribution in [0.4, 0.5) is 18.9 Å². The molecule has 0 saturated heterocycles. The fourth-order valence-corrected chi connectivity index (χ4v) is 2.19. The van der Waals surface area contributed by atoms with Gasteiger partial charge >= 0.3 is 18.0 Å². The molecule has 5 nitrogen and oxygen atoms in total. The van der Waals surface area contributed by atoms with Gasteiger partial charge in [0.1, 0.15) is 0 Å². The first kappa shape index (κ1) is 19.7. The third kappa shape index (κ3) is 5.21. The van der Waals surface area contributed by atoms with E-state index < -0.39 is 23.6 Å². The zero-order valence-corrected chi connectivity index (χ0v) is 14.3. The summed E-state index contributed by atoms with van der Waals surface area (Å²) in [4.78, 5) is 23.4. The molecule has 2 amide bonds. The first-order valence-corrected chi connectivity index (χ1v) is 7.69. The monoisotopic (exact) mass is 403 g/mol. The number of hydrazone groups is 1. The molecule has 10 heteroatoms. The van der Waals surface area contributed by atoms with E-state index in [2.05, 4.69) is 10.4 Å². The number of nitrogens with zero attached hydrogens (tertiary/aromatic N) is 1. The normalized spacial score (nSPS) is 11.4. The van der Waals surface area contributed by atoms with Gasteiger partial charge in [-0.3, -0.25) is 9.59 Å². The Kier molecular flexibility index (Phi) is 6.23. The van der Waals surface area contributed by atoms with Crippen molar-refractivity contribution in [3.63, 3.8) is 0 Å². The molecule has 0 aliphatic carbocycles. The molecule has 2 aromatic rings. The summed E-state index contributed by atoms with van der Waals surface area (Å²) in [5, 5.41) is 6.02. The number of anilines is 1. The van der Waals surface area contributed by atoms with E-state index in [0.29, 0.717) is 0 Å². The number of hydrogen-bond acceptors (Lipinski definition) is 3. The van der Waals surface area contributed by atoms with Crippen molar-refractivity contribution < 1.29 is 22.8 Å². The summed E-state index contributed by atoms with van der Waals surface area (Å²) in [5.74, 6) is -2.31. The lowest BCUT2D eigenvalue weighted by molar-refractivity contribution is -0.137. The molecule has 0 aromatic heterocycles. The van der Waals surface area contributed by atoms with E-state index >= 15 is 0 Å². The van der Waals surface area contributed by atoms with E-state index in [9.17, 15) is 22.8 Å². The number of alkyl halides is 3. The van der Waals surface area contributed by atoms with Gasteiger partial charge in [0.05, 0.1) is 22.5 Å². The molecule has 0 bridgehead atoms. The van der Waals surface area contributed by atoms with Crippen molar-refractivity contribution in [3.05, 3.63) is 63.6 Å². The van der Waals surface area contributed by atoms with Crippen molar-refractivity contribution in [1.82, 2.24) is 5.43 Å². The molecule has 0 atom stereocenters. The van der Waals surface area contributed by atoms with Gasteiger partial charge in [0, 0.05) is 10.6 Å². The molecule has 2 rings (SSSR count).